The van der Waals surface area contributed by atoms with Gasteiger partial charge in [0.25, 0.3) is 0 Å². The topological polar surface area (TPSA) is 38.2 Å². The third-order valence-electron chi connectivity index (χ3n) is 3.29. The number of thiophene rings is 1. The molecule has 20 heavy (non-hydrogen) atoms. The zero-order valence-electron chi connectivity index (χ0n) is 11.4. The number of nitrogens with zero attached hydrogens (tertiary/aromatic N) is 3. The maximum Gasteiger partial charge on any atom is 0.134 e. The Labute approximate surface area is 127 Å². The lowest BCUT2D eigenvalue weighted by Gasteiger charge is -2.37. The van der Waals surface area contributed by atoms with E-state index in [4.69, 9.17) is 16.3 Å². The average Bonchev–Trinajstić information content (AvgIpc) is 2.90. The molecule has 0 aromatic carbocycles. The quantitative estimate of drug-likeness (QED) is 0.796. The van der Waals surface area contributed by atoms with Gasteiger partial charge < -0.3 is 9.64 Å². The Morgan fingerprint density at radius 3 is 2.95 bits per heavy atom. The molecule has 3 heterocycles. The second kappa shape index (κ2) is 5.68. The fraction of sp³-hybridized carbons (Fsp3) is 0.429. The Kier molecular flexibility index (Phi) is 3.92. The molecule has 0 N–H and O–H groups in total. The Balaban J connectivity index is 1.85. The van der Waals surface area contributed by atoms with Crippen molar-refractivity contribution < 1.29 is 4.74 Å². The number of ether oxygens (including phenoxy) is 1. The smallest absolute Gasteiger partial charge is 0.134 e. The van der Waals surface area contributed by atoms with Crippen molar-refractivity contribution >= 4 is 28.8 Å². The summed E-state index contributed by atoms with van der Waals surface area (Å²) in [4.78, 5) is 10.8. The van der Waals surface area contributed by atoms with Crippen LogP contribution in [0.15, 0.2) is 22.9 Å². The Hall–Kier alpha value is -1.17. The highest BCUT2D eigenvalue weighted by atomic mass is 35.5. The first-order valence-corrected chi connectivity index (χ1v) is 7.87. The number of hydrogen-bond acceptors (Lipinski definition) is 5. The molecule has 0 spiro atoms. The molecular formula is C14H16ClN3OS. The van der Waals surface area contributed by atoms with Gasteiger partial charge in [-0.3, -0.25) is 0 Å². The van der Waals surface area contributed by atoms with Gasteiger partial charge in [-0.05, 0) is 36.2 Å². The maximum absolute atomic E-state index is 6.03. The Morgan fingerprint density at radius 2 is 2.25 bits per heavy atom. The summed E-state index contributed by atoms with van der Waals surface area (Å²) < 4.78 is 6.03. The minimum atomic E-state index is 0.0825. The van der Waals surface area contributed by atoms with Crippen molar-refractivity contribution in [3.05, 3.63) is 39.4 Å². The van der Waals surface area contributed by atoms with Gasteiger partial charge in [-0.2, -0.15) is 11.3 Å². The van der Waals surface area contributed by atoms with E-state index in [0.29, 0.717) is 11.0 Å². The highest BCUT2D eigenvalue weighted by Gasteiger charge is 2.27. The summed E-state index contributed by atoms with van der Waals surface area (Å²) in [7, 11) is 0. The Bertz CT molecular complexity index is 570. The summed E-state index contributed by atoms with van der Waals surface area (Å²) in [5.41, 5.74) is 1.23. The predicted octanol–water partition coefficient (Wildman–Crippen LogP) is 3.47. The summed E-state index contributed by atoms with van der Waals surface area (Å²) in [5, 5.41) is 4.70. The molecule has 2 aromatic heterocycles. The predicted molar refractivity (Wildman–Crippen MR) is 81.6 cm³/mol. The number of rotatable bonds is 2. The molecule has 106 valence electrons. The summed E-state index contributed by atoms with van der Waals surface area (Å²) in [6, 6.07) is 3.93. The number of morpholine rings is 1. The van der Waals surface area contributed by atoms with Gasteiger partial charge in [0.05, 0.1) is 6.10 Å². The number of aryl methyl sites for hydroxylation is 1. The molecule has 4 nitrogen and oxygen atoms in total. The van der Waals surface area contributed by atoms with E-state index in [-0.39, 0.29) is 12.2 Å². The van der Waals surface area contributed by atoms with Gasteiger partial charge in [0.15, 0.2) is 0 Å². The van der Waals surface area contributed by atoms with Crippen molar-refractivity contribution in [2.75, 3.05) is 18.0 Å². The number of hydrogen-bond donors (Lipinski definition) is 0. The van der Waals surface area contributed by atoms with Crippen LogP contribution in [0.2, 0.25) is 5.15 Å². The van der Waals surface area contributed by atoms with E-state index in [2.05, 4.69) is 38.6 Å². The van der Waals surface area contributed by atoms with E-state index < -0.39 is 0 Å². The van der Waals surface area contributed by atoms with Crippen LogP contribution in [-0.4, -0.2) is 29.2 Å². The van der Waals surface area contributed by atoms with Crippen LogP contribution in [0.3, 0.4) is 0 Å². The normalized spacial score (nSPS) is 23.1. The molecule has 0 bridgehead atoms. The zero-order chi connectivity index (χ0) is 14.1. The highest BCUT2D eigenvalue weighted by molar-refractivity contribution is 7.07. The van der Waals surface area contributed by atoms with Gasteiger partial charge in [-0.25, -0.2) is 9.97 Å². The second-order valence-corrected chi connectivity index (χ2v) is 6.16. The monoisotopic (exact) mass is 309 g/mol. The van der Waals surface area contributed by atoms with Crippen LogP contribution >= 0.6 is 22.9 Å². The summed E-state index contributed by atoms with van der Waals surface area (Å²) in [6.45, 7) is 5.54. The first-order valence-electron chi connectivity index (χ1n) is 6.55. The molecule has 6 heteroatoms. The first kappa shape index (κ1) is 13.8. The molecule has 0 radical (unpaired) electrons. The third kappa shape index (κ3) is 2.95. The van der Waals surface area contributed by atoms with Crippen LogP contribution in [0.25, 0.3) is 0 Å². The minimum Gasteiger partial charge on any atom is -0.367 e. The summed E-state index contributed by atoms with van der Waals surface area (Å²) in [6.07, 6.45) is 0.238. The lowest BCUT2D eigenvalue weighted by Crippen LogP contribution is -2.43. The van der Waals surface area contributed by atoms with Crippen molar-refractivity contribution in [3.8, 4) is 0 Å². The molecule has 2 atom stereocenters. The van der Waals surface area contributed by atoms with E-state index in [0.717, 1.165) is 18.9 Å². The van der Waals surface area contributed by atoms with Crippen LogP contribution in [0.4, 0.5) is 5.82 Å². The van der Waals surface area contributed by atoms with Crippen LogP contribution in [0.5, 0.6) is 0 Å². The van der Waals surface area contributed by atoms with Gasteiger partial charge in [-0.1, -0.05) is 11.6 Å². The third-order valence-corrected chi connectivity index (χ3v) is 4.19. The van der Waals surface area contributed by atoms with Crippen molar-refractivity contribution in [1.82, 2.24) is 9.97 Å². The van der Waals surface area contributed by atoms with Crippen LogP contribution in [0.1, 0.15) is 24.4 Å². The largest absolute Gasteiger partial charge is 0.367 e. The van der Waals surface area contributed by atoms with Crippen molar-refractivity contribution in [1.29, 1.82) is 0 Å². The zero-order valence-corrected chi connectivity index (χ0v) is 13.0. The number of halogens is 1. The standard InChI is InChI=1S/C14H16ClN3OS/c1-9-6-18(14-5-13(15)16-10(2)17-14)7-12(19-9)11-3-4-20-8-11/h3-5,8-9,12H,6-7H2,1-2H3. The molecule has 3 rings (SSSR count). The van der Waals surface area contributed by atoms with Gasteiger partial charge in [0.2, 0.25) is 0 Å². The molecule has 1 fully saturated rings. The molecule has 1 aliphatic heterocycles. The fourth-order valence-electron chi connectivity index (χ4n) is 2.46. The fourth-order valence-corrected chi connectivity index (χ4v) is 3.38. The lowest BCUT2D eigenvalue weighted by atomic mass is 10.1. The molecular weight excluding hydrogens is 294 g/mol. The van der Waals surface area contributed by atoms with Gasteiger partial charge in [-0.15, -0.1) is 0 Å². The van der Waals surface area contributed by atoms with E-state index in [1.165, 1.54) is 5.56 Å². The van der Waals surface area contributed by atoms with Gasteiger partial charge >= 0.3 is 0 Å². The average molecular weight is 310 g/mol. The molecule has 0 aliphatic carbocycles. The number of anilines is 1. The maximum atomic E-state index is 6.03. The molecule has 2 unspecified atom stereocenters. The SMILES string of the molecule is Cc1nc(Cl)cc(N2CC(C)OC(c3ccsc3)C2)n1. The van der Waals surface area contributed by atoms with Gasteiger partial charge in [0, 0.05) is 19.2 Å². The number of aromatic nitrogens is 2. The van der Waals surface area contributed by atoms with Crippen LogP contribution < -0.4 is 4.90 Å². The van der Waals surface area contributed by atoms with Crippen LogP contribution in [0, 0.1) is 6.92 Å². The summed E-state index contributed by atoms with van der Waals surface area (Å²) in [5.74, 6) is 1.57. The van der Waals surface area contributed by atoms with Crippen molar-refractivity contribution in [3.63, 3.8) is 0 Å². The highest BCUT2D eigenvalue weighted by Crippen LogP contribution is 2.29. The van der Waals surface area contributed by atoms with Crippen molar-refractivity contribution in [2.45, 2.75) is 26.1 Å². The second-order valence-electron chi connectivity index (χ2n) is 4.99. The van der Waals surface area contributed by atoms with Crippen LogP contribution in [-0.2, 0) is 4.74 Å². The molecule has 1 aliphatic rings. The first-order chi connectivity index (χ1) is 9.61. The molecule has 1 saturated heterocycles. The van der Waals surface area contributed by atoms with E-state index in [1.54, 1.807) is 11.3 Å². The minimum absolute atomic E-state index is 0.0825. The molecule has 0 amide bonds. The lowest BCUT2D eigenvalue weighted by molar-refractivity contribution is -0.0174. The molecule has 0 saturated carbocycles. The van der Waals surface area contributed by atoms with E-state index in [9.17, 15) is 0 Å². The molecule has 2 aromatic rings. The Morgan fingerprint density at radius 1 is 1.40 bits per heavy atom. The summed E-state index contributed by atoms with van der Waals surface area (Å²) >= 11 is 7.73. The van der Waals surface area contributed by atoms with E-state index >= 15 is 0 Å². The van der Waals surface area contributed by atoms with Crippen molar-refractivity contribution in [2.24, 2.45) is 0 Å². The van der Waals surface area contributed by atoms with Gasteiger partial charge in [0.1, 0.15) is 22.9 Å². The van der Waals surface area contributed by atoms with E-state index in [1.807, 2.05) is 13.0 Å².